The number of nitrogens with zero attached hydrogens (tertiary/aromatic N) is 4. The fraction of sp³-hybridized carbons (Fsp3) is 0.615. The highest BCUT2D eigenvalue weighted by Crippen LogP contribution is 2.17. The molecule has 2 aliphatic rings. The molecule has 0 spiro atoms. The largest absolute Gasteiger partial charge is 0.379 e. The molecule has 1 aromatic rings. The van der Waals surface area contributed by atoms with Gasteiger partial charge >= 0.3 is 0 Å². The third-order valence-electron chi connectivity index (χ3n) is 3.91. The highest BCUT2D eigenvalue weighted by molar-refractivity contribution is 5.80. The van der Waals surface area contributed by atoms with E-state index in [0.29, 0.717) is 26.3 Å². The lowest BCUT2D eigenvalue weighted by Gasteiger charge is -2.36. The minimum absolute atomic E-state index is 0.119. The van der Waals surface area contributed by atoms with Crippen LogP contribution in [0.4, 0.5) is 5.82 Å². The summed E-state index contributed by atoms with van der Waals surface area (Å²) in [6.45, 7) is 3.86. The molecule has 3 heterocycles. The number of hydrogen-bond acceptors (Lipinski definition) is 6. The van der Waals surface area contributed by atoms with Gasteiger partial charge in [-0.1, -0.05) is 0 Å². The lowest BCUT2D eigenvalue weighted by Crippen LogP contribution is -2.52. The van der Waals surface area contributed by atoms with Crippen molar-refractivity contribution in [1.82, 2.24) is 14.9 Å². The zero-order valence-electron chi connectivity index (χ0n) is 11.3. The number of carbonyl (C=O) groups excluding carboxylic acids is 1. The molecule has 0 aromatic carbocycles. The number of anilines is 1. The van der Waals surface area contributed by atoms with E-state index in [0.717, 1.165) is 18.9 Å². The second-order valence-corrected chi connectivity index (χ2v) is 5.18. The van der Waals surface area contributed by atoms with Crippen LogP contribution in [0.3, 0.4) is 0 Å². The topological polar surface area (TPSA) is 84.6 Å². The number of amides is 1. The zero-order valence-corrected chi connectivity index (χ0v) is 11.3. The summed E-state index contributed by atoms with van der Waals surface area (Å²) in [5, 5.41) is 0. The molecule has 0 radical (unpaired) electrons. The van der Waals surface area contributed by atoms with Crippen LogP contribution in [0.2, 0.25) is 0 Å². The third kappa shape index (κ3) is 2.59. The van der Waals surface area contributed by atoms with E-state index in [9.17, 15) is 4.79 Å². The summed E-state index contributed by atoms with van der Waals surface area (Å²) in [5.41, 5.74) is 5.90. The first-order valence-electron chi connectivity index (χ1n) is 6.89. The van der Waals surface area contributed by atoms with Crippen molar-refractivity contribution in [2.24, 2.45) is 11.7 Å². The van der Waals surface area contributed by atoms with Gasteiger partial charge in [-0.05, 0) is 0 Å². The van der Waals surface area contributed by atoms with Crippen molar-refractivity contribution in [3.05, 3.63) is 18.6 Å². The Bertz CT molecular complexity index is 461. The van der Waals surface area contributed by atoms with Crippen molar-refractivity contribution in [3.8, 4) is 0 Å². The first-order valence-corrected chi connectivity index (χ1v) is 6.89. The van der Waals surface area contributed by atoms with Crippen LogP contribution in [0.25, 0.3) is 0 Å². The molecule has 1 amide bonds. The molecule has 0 saturated carbocycles. The Morgan fingerprint density at radius 2 is 2.05 bits per heavy atom. The Morgan fingerprint density at radius 1 is 1.25 bits per heavy atom. The van der Waals surface area contributed by atoms with E-state index in [4.69, 9.17) is 10.5 Å². The van der Waals surface area contributed by atoms with Crippen LogP contribution in [0, 0.1) is 5.92 Å². The first-order chi connectivity index (χ1) is 9.75. The summed E-state index contributed by atoms with van der Waals surface area (Å²) in [4.78, 5) is 24.7. The number of aromatic nitrogens is 2. The van der Waals surface area contributed by atoms with E-state index in [1.165, 1.54) is 0 Å². The van der Waals surface area contributed by atoms with Gasteiger partial charge in [0.05, 0.1) is 25.3 Å². The van der Waals surface area contributed by atoms with Gasteiger partial charge in [-0.25, -0.2) is 4.98 Å². The molecular weight excluding hydrogens is 258 g/mol. The van der Waals surface area contributed by atoms with Crippen molar-refractivity contribution >= 4 is 11.7 Å². The Hall–Kier alpha value is -1.73. The Labute approximate surface area is 117 Å². The second-order valence-electron chi connectivity index (χ2n) is 5.18. The molecule has 1 aromatic heterocycles. The summed E-state index contributed by atoms with van der Waals surface area (Å²) < 4.78 is 5.27. The predicted molar refractivity (Wildman–Crippen MR) is 73.1 cm³/mol. The van der Waals surface area contributed by atoms with E-state index in [1.54, 1.807) is 18.6 Å². The molecule has 0 bridgehead atoms. The summed E-state index contributed by atoms with van der Waals surface area (Å²) in [7, 11) is 0. The number of ether oxygens (including phenoxy) is 1. The summed E-state index contributed by atoms with van der Waals surface area (Å²) in [5.74, 6) is 0.798. The SMILES string of the molecule is NC1COCC1C(=O)N1CCN(c2cnccn2)CC1. The number of rotatable bonds is 2. The maximum Gasteiger partial charge on any atom is 0.229 e. The fourth-order valence-corrected chi connectivity index (χ4v) is 2.67. The molecule has 2 atom stereocenters. The van der Waals surface area contributed by atoms with Gasteiger partial charge in [0, 0.05) is 44.6 Å². The van der Waals surface area contributed by atoms with E-state index in [2.05, 4.69) is 14.9 Å². The highest BCUT2D eigenvalue weighted by Gasteiger charge is 2.35. The summed E-state index contributed by atoms with van der Waals surface area (Å²) in [6, 6.07) is -0.166. The van der Waals surface area contributed by atoms with Gasteiger partial charge in [0.15, 0.2) is 0 Å². The van der Waals surface area contributed by atoms with Gasteiger partial charge in [0.2, 0.25) is 5.91 Å². The van der Waals surface area contributed by atoms with Crippen LogP contribution in [0.15, 0.2) is 18.6 Å². The Morgan fingerprint density at radius 3 is 2.65 bits per heavy atom. The summed E-state index contributed by atoms with van der Waals surface area (Å²) >= 11 is 0. The lowest BCUT2D eigenvalue weighted by atomic mass is 10.0. The molecule has 7 nitrogen and oxygen atoms in total. The number of piperazine rings is 1. The summed E-state index contributed by atoms with van der Waals surface area (Å²) in [6.07, 6.45) is 5.09. The van der Waals surface area contributed by atoms with E-state index < -0.39 is 0 Å². The van der Waals surface area contributed by atoms with Gasteiger partial charge in [-0.3, -0.25) is 9.78 Å². The maximum absolute atomic E-state index is 12.4. The molecule has 3 rings (SSSR count). The van der Waals surface area contributed by atoms with Crippen LogP contribution >= 0.6 is 0 Å². The van der Waals surface area contributed by atoms with Crippen LogP contribution in [-0.4, -0.2) is 66.2 Å². The van der Waals surface area contributed by atoms with Gasteiger partial charge < -0.3 is 20.3 Å². The van der Waals surface area contributed by atoms with Crippen LogP contribution < -0.4 is 10.6 Å². The van der Waals surface area contributed by atoms with Crippen LogP contribution in [0.1, 0.15) is 0 Å². The third-order valence-corrected chi connectivity index (χ3v) is 3.91. The van der Waals surface area contributed by atoms with Crippen molar-refractivity contribution in [1.29, 1.82) is 0 Å². The van der Waals surface area contributed by atoms with Crippen LogP contribution in [-0.2, 0) is 9.53 Å². The van der Waals surface area contributed by atoms with Gasteiger partial charge in [0.25, 0.3) is 0 Å². The molecule has 2 N–H and O–H groups in total. The molecular formula is C13H19N5O2. The number of hydrogen-bond donors (Lipinski definition) is 1. The second kappa shape index (κ2) is 5.72. The number of carbonyl (C=O) groups is 1. The zero-order chi connectivity index (χ0) is 13.9. The van der Waals surface area contributed by atoms with Gasteiger partial charge in [0.1, 0.15) is 5.82 Å². The minimum Gasteiger partial charge on any atom is -0.379 e. The quantitative estimate of drug-likeness (QED) is 0.754. The standard InChI is InChI=1S/C13H19N5O2/c14-11-9-20-8-10(11)13(19)18-5-3-17(4-6-18)12-7-15-1-2-16-12/h1-2,7,10-11H,3-6,8-9,14H2. The van der Waals surface area contributed by atoms with E-state index in [-0.39, 0.29) is 17.9 Å². The van der Waals surface area contributed by atoms with Crippen molar-refractivity contribution < 1.29 is 9.53 Å². The smallest absolute Gasteiger partial charge is 0.229 e. The molecule has 7 heteroatoms. The van der Waals surface area contributed by atoms with Crippen LogP contribution in [0.5, 0.6) is 0 Å². The van der Waals surface area contributed by atoms with Crippen molar-refractivity contribution in [2.75, 3.05) is 44.3 Å². The molecule has 108 valence electrons. The predicted octanol–water partition coefficient (Wildman–Crippen LogP) is -0.901. The molecule has 2 aliphatic heterocycles. The van der Waals surface area contributed by atoms with E-state index in [1.807, 2.05) is 4.90 Å². The first kappa shape index (κ1) is 13.3. The minimum atomic E-state index is -0.182. The average molecular weight is 277 g/mol. The van der Waals surface area contributed by atoms with Gasteiger partial charge in [-0.15, -0.1) is 0 Å². The van der Waals surface area contributed by atoms with E-state index >= 15 is 0 Å². The lowest BCUT2D eigenvalue weighted by molar-refractivity contribution is -0.136. The van der Waals surface area contributed by atoms with Crippen molar-refractivity contribution in [2.45, 2.75) is 6.04 Å². The fourth-order valence-electron chi connectivity index (χ4n) is 2.67. The molecule has 2 fully saturated rings. The van der Waals surface area contributed by atoms with Crippen molar-refractivity contribution in [3.63, 3.8) is 0 Å². The normalized spacial score (nSPS) is 26.9. The average Bonchev–Trinajstić information content (AvgIpc) is 2.94. The van der Waals surface area contributed by atoms with Gasteiger partial charge in [-0.2, -0.15) is 0 Å². The molecule has 20 heavy (non-hydrogen) atoms. The number of nitrogens with two attached hydrogens (primary N) is 1. The molecule has 2 saturated heterocycles. The maximum atomic E-state index is 12.4. The Kier molecular flexibility index (Phi) is 3.79. The Balaban J connectivity index is 1.57. The monoisotopic (exact) mass is 277 g/mol. The molecule has 2 unspecified atom stereocenters. The highest BCUT2D eigenvalue weighted by atomic mass is 16.5. The molecule has 0 aliphatic carbocycles.